The van der Waals surface area contributed by atoms with Crippen molar-refractivity contribution in [2.45, 2.75) is 11.2 Å². The number of benzene rings is 1. The first kappa shape index (κ1) is 15.3. The summed E-state index contributed by atoms with van der Waals surface area (Å²) in [5.74, 6) is -0.770. The Balaban J connectivity index is 2.49. The minimum absolute atomic E-state index is 0.115. The Morgan fingerprint density at radius 1 is 1.45 bits per heavy atom. The molecule has 0 radical (unpaired) electrons. The summed E-state index contributed by atoms with van der Waals surface area (Å²) in [5.41, 5.74) is 5.57. The number of sulfone groups is 1. The second-order valence-corrected chi connectivity index (χ2v) is 7.72. The molecule has 4 nitrogen and oxygen atoms in total. The summed E-state index contributed by atoms with van der Waals surface area (Å²) >= 11 is 5.07. The van der Waals surface area contributed by atoms with E-state index in [4.69, 9.17) is 22.7 Å². The summed E-state index contributed by atoms with van der Waals surface area (Å²) in [6.45, 7) is 0.127. The molecule has 2 N–H and O–H groups in total. The van der Waals surface area contributed by atoms with Gasteiger partial charge in [0.2, 0.25) is 0 Å². The van der Waals surface area contributed by atoms with Crippen LogP contribution in [0.4, 0.5) is 4.39 Å². The molecule has 3 unspecified atom stereocenters. The van der Waals surface area contributed by atoms with E-state index in [1.165, 1.54) is 19.2 Å². The van der Waals surface area contributed by atoms with Crippen LogP contribution in [0.2, 0.25) is 0 Å². The van der Waals surface area contributed by atoms with Crippen LogP contribution in [0.25, 0.3) is 0 Å². The summed E-state index contributed by atoms with van der Waals surface area (Å²) in [6, 6.07) is 5.72. The molecule has 0 spiro atoms. The van der Waals surface area contributed by atoms with Gasteiger partial charge in [0.25, 0.3) is 0 Å². The topological polar surface area (TPSA) is 69.4 Å². The van der Waals surface area contributed by atoms with Gasteiger partial charge in [-0.25, -0.2) is 12.8 Å². The van der Waals surface area contributed by atoms with Crippen LogP contribution >= 0.6 is 12.2 Å². The fourth-order valence-corrected chi connectivity index (χ4v) is 5.26. The van der Waals surface area contributed by atoms with Crippen molar-refractivity contribution in [1.82, 2.24) is 0 Å². The molecule has 1 fully saturated rings. The molecule has 0 heterocycles. The van der Waals surface area contributed by atoms with Gasteiger partial charge in [-0.15, -0.1) is 0 Å². The van der Waals surface area contributed by atoms with E-state index in [2.05, 4.69) is 0 Å². The lowest BCUT2D eigenvalue weighted by atomic mass is 10.00. The van der Waals surface area contributed by atoms with Crippen molar-refractivity contribution in [2.24, 2.45) is 11.1 Å². The van der Waals surface area contributed by atoms with Crippen molar-refractivity contribution in [3.63, 3.8) is 0 Å². The smallest absolute Gasteiger partial charge is 0.152 e. The lowest BCUT2D eigenvalue weighted by Gasteiger charge is -2.15. The number of halogens is 1. The number of thiocarbonyl (C=S) groups is 1. The van der Waals surface area contributed by atoms with E-state index in [1.807, 2.05) is 0 Å². The van der Waals surface area contributed by atoms with Gasteiger partial charge in [0.1, 0.15) is 5.82 Å². The largest absolute Gasteiger partial charge is 0.393 e. The summed E-state index contributed by atoms with van der Waals surface area (Å²) in [5, 5.41) is -0.724. The molecular weight excluding hydrogens is 301 g/mol. The van der Waals surface area contributed by atoms with E-state index < -0.39 is 26.4 Å². The first-order valence-electron chi connectivity index (χ1n) is 5.98. The third-order valence-corrected chi connectivity index (χ3v) is 5.78. The van der Waals surface area contributed by atoms with Gasteiger partial charge in [-0.05, 0) is 17.7 Å². The molecule has 2 rings (SSSR count). The summed E-state index contributed by atoms with van der Waals surface area (Å²) in [6.07, 6.45) is 1.16. The summed E-state index contributed by atoms with van der Waals surface area (Å²) in [4.78, 5) is 0.115. The molecule has 1 saturated carbocycles. The van der Waals surface area contributed by atoms with Gasteiger partial charge >= 0.3 is 0 Å². The molecule has 3 atom stereocenters. The Morgan fingerprint density at radius 2 is 2.00 bits per heavy atom. The third kappa shape index (κ3) is 2.34. The maximum Gasteiger partial charge on any atom is 0.152 e. The minimum atomic E-state index is -3.35. The summed E-state index contributed by atoms with van der Waals surface area (Å²) in [7, 11) is -1.88. The van der Waals surface area contributed by atoms with Gasteiger partial charge in [0.05, 0.1) is 22.3 Å². The van der Waals surface area contributed by atoms with Gasteiger partial charge in [-0.3, -0.25) is 0 Å². The van der Waals surface area contributed by atoms with Crippen molar-refractivity contribution >= 4 is 27.0 Å². The Morgan fingerprint density at radius 3 is 2.40 bits per heavy atom. The van der Waals surface area contributed by atoms with Crippen molar-refractivity contribution < 1.29 is 17.5 Å². The first-order chi connectivity index (χ1) is 9.25. The Hall–Kier alpha value is -1.05. The molecule has 20 heavy (non-hydrogen) atoms. The number of ether oxygens (including phenoxy) is 1. The number of methoxy groups -OCH3 is 1. The number of hydrogen-bond donors (Lipinski definition) is 1. The lowest BCUT2D eigenvalue weighted by Crippen LogP contribution is -2.32. The first-order valence-corrected chi connectivity index (χ1v) is 8.34. The maximum absolute atomic E-state index is 13.0. The normalized spacial score (nSPS) is 29.1. The fraction of sp³-hybridized carbons (Fsp3) is 0.462. The molecule has 1 aliphatic rings. The van der Waals surface area contributed by atoms with E-state index in [-0.39, 0.29) is 17.4 Å². The highest BCUT2D eigenvalue weighted by Gasteiger charge is 2.71. The van der Waals surface area contributed by atoms with Gasteiger partial charge in [-0.1, -0.05) is 24.4 Å². The second kappa shape index (κ2) is 5.05. The maximum atomic E-state index is 13.0. The van der Waals surface area contributed by atoms with E-state index in [9.17, 15) is 12.8 Å². The zero-order valence-corrected chi connectivity index (χ0v) is 12.8. The molecule has 1 aliphatic carbocycles. The Bertz CT molecular complexity index is 630. The highest BCUT2D eigenvalue weighted by Crippen LogP contribution is 2.63. The van der Waals surface area contributed by atoms with Crippen LogP contribution in [0.15, 0.2) is 24.3 Å². The minimum Gasteiger partial charge on any atom is -0.393 e. The van der Waals surface area contributed by atoms with E-state index in [0.29, 0.717) is 5.56 Å². The predicted octanol–water partition coefficient (Wildman–Crippen LogP) is 1.26. The summed E-state index contributed by atoms with van der Waals surface area (Å²) < 4.78 is 42.1. The predicted molar refractivity (Wildman–Crippen MR) is 78.9 cm³/mol. The van der Waals surface area contributed by atoms with Crippen molar-refractivity contribution in [3.05, 3.63) is 35.6 Å². The van der Waals surface area contributed by atoms with E-state index in [0.717, 1.165) is 6.26 Å². The van der Waals surface area contributed by atoms with Crippen LogP contribution in [0.3, 0.4) is 0 Å². The number of hydrogen-bond acceptors (Lipinski definition) is 4. The average Bonchev–Trinajstić information content (AvgIpc) is 3.01. The molecule has 0 aliphatic heterocycles. The van der Waals surface area contributed by atoms with Crippen molar-refractivity contribution in [3.8, 4) is 0 Å². The molecular formula is C13H16FNO3S2. The molecule has 0 bridgehead atoms. The molecule has 0 aromatic heterocycles. The van der Waals surface area contributed by atoms with Crippen molar-refractivity contribution in [1.29, 1.82) is 0 Å². The zero-order chi connectivity index (χ0) is 15.1. The molecule has 1 aromatic rings. The van der Waals surface area contributed by atoms with Crippen LogP contribution in [-0.2, 0) is 14.6 Å². The fourth-order valence-electron chi connectivity index (χ4n) is 2.95. The number of rotatable bonds is 5. The number of nitrogens with two attached hydrogens (primary N) is 1. The van der Waals surface area contributed by atoms with Gasteiger partial charge in [0.15, 0.2) is 9.84 Å². The van der Waals surface area contributed by atoms with Crippen molar-refractivity contribution in [2.75, 3.05) is 20.0 Å². The van der Waals surface area contributed by atoms with Crippen LogP contribution in [0.1, 0.15) is 11.5 Å². The van der Waals surface area contributed by atoms with Crippen LogP contribution in [-0.4, -0.2) is 38.6 Å². The SMILES string of the molecule is COCC1(C(N)=S)C(c2ccc(F)cc2)C1S(C)(=O)=O. The van der Waals surface area contributed by atoms with Gasteiger partial charge < -0.3 is 10.5 Å². The Labute approximate surface area is 123 Å². The quantitative estimate of drug-likeness (QED) is 0.828. The monoisotopic (exact) mass is 317 g/mol. The van der Waals surface area contributed by atoms with E-state index >= 15 is 0 Å². The van der Waals surface area contributed by atoms with Crippen LogP contribution in [0.5, 0.6) is 0 Å². The Kier molecular flexibility index (Phi) is 3.88. The zero-order valence-electron chi connectivity index (χ0n) is 11.2. The van der Waals surface area contributed by atoms with Crippen LogP contribution < -0.4 is 5.73 Å². The second-order valence-electron chi connectivity index (χ2n) is 5.12. The highest BCUT2D eigenvalue weighted by molar-refractivity contribution is 7.92. The molecule has 7 heteroatoms. The van der Waals surface area contributed by atoms with E-state index in [1.54, 1.807) is 12.1 Å². The molecule has 0 amide bonds. The average molecular weight is 317 g/mol. The van der Waals surface area contributed by atoms with Gasteiger partial charge in [-0.2, -0.15) is 0 Å². The van der Waals surface area contributed by atoms with Gasteiger partial charge in [0, 0.05) is 19.3 Å². The van der Waals surface area contributed by atoms with Crippen LogP contribution in [0, 0.1) is 11.2 Å². The standard InChI is InChI=1S/C13H16FNO3S2/c1-18-7-13(12(15)19)10(11(13)20(2,16)17)8-3-5-9(14)6-4-8/h3-6,10-11H,7H2,1-2H3,(H2,15,19). The molecule has 0 saturated heterocycles. The lowest BCUT2D eigenvalue weighted by molar-refractivity contribution is 0.166. The third-order valence-electron chi connectivity index (χ3n) is 3.79. The highest BCUT2D eigenvalue weighted by atomic mass is 32.2. The molecule has 110 valence electrons. The molecule has 1 aromatic carbocycles.